The van der Waals surface area contributed by atoms with E-state index in [9.17, 15) is 0 Å². The molecule has 3 aromatic rings. The van der Waals surface area contributed by atoms with Crippen LogP contribution in [0.2, 0.25) is 0 Å². The van der Waals surface area contributed by atoms with Crippen LogP contribution in [0, 0.1) is 13.1 Å². The summed E-state index contributed by atoms with van der Waals surface area (Å²) < 4.78 is 1.94. The number of imidazole rings is 1. The number of aromatic nitrogens is 4. The Balaban J connectivity index is 1.94. The Kier molecular flexibility index (Phi) is 2.22. The lowest BCUT2D eigenvalue weighted by atomic mass is 10.5. The highest BCUT2D eigenvalue weighted by Gasteiger charge is 2.02. The molecule has 0 unspecified atom stereocenters. The predicted octanol–water partition coefficient (Wildman–Crippen LogP) is 1.98. The van der Waals surface area contributed by atoms with Gasteiger partial charge in [-0.05, 0) is 19.1 Å². The van der Waals surface area contributed by atoms with Crippen LogP contribution in [0.15, 0.2) is 36.7 Å². The van der Waals surface area contributed by atoms with Gasteiger partial charge in [0.05, 0.1) is 12.4 Å². The summed E-state index contributed by atoms with van der Waals surface area (Å²) in [4.78, 5) is 12.6. The molecule has 0 fully saturated rings. The molecule has 1 N–H and O–H groups in total. The van der Waals surface area contributed by atoms with E-state index < -0.39 is 0 Å². The van der Waals surface area contributed by atoms with Crippen LogP contribution in [0.25, 0.3) is 5.65 Å². The molecule has 0 aliphatic heterocycles. The maximum atomic E-state index is 4.42. The van der Waals surface area contributed by atoms with Gasteiger partial charge in [-0.1, -0.05) is 6.07 Å². The maximum Gasteiger partial charge on any atom is 0.150 e. The van der Waals surface area contributed by atoms with Crippen LogP contribution in [-0.4, -0.2) is 19.4 Å². The van der Waals surface area contributed by atoms with Gasteiger partial charge in [0, 0.05) is 12.3 Å². The largest absolute Gasteiger partial charge is 0.324 e. The fraction of sp³-hybridized carbons (Fsp3) is 0.0833. The smallest absolute Gasteiger partial charge is 0.150 e. The summed E-state index contributed by atoms with van der Waals surface area (Å²) in [6.45, 7) is 1.82. The summed E-state index contributed by atoms with van der Waals surface area (Å²) in [6, 6.07) is 7.55. The van der Waals surface area contributed by atoms with Crippen molar-refractivity contribution in [1.29, 1.82) is 0 Å². The first-order chi connectivity index (χ1) is 8.31. The second kappa shape index (κ2) is 3.86. The lowest BCUT2D eigenvalue weighted by molar-refractivity contribution is 1.05. The molecule has 5 nitrogen and oxygen atoms in total. The Morgan fingerprint density at radius 1 is 1.24 bits per heavy atom. The van der Waals surface area contributed by atoms with Crippen molar-refractivity contribution in [3.63, 3.8) is 0 Å². The summed E-state index contributed by atoms with van der Waals surface area (Å²) in [6.07, 6.45) is 6.63. The van der Waals surface area contributed by atoms with Gasteiger partial charge in [0.15, 0.2) is 5.82 Å². The topological polar surface area (TPSA) is 55.1 Å². The molecule has 0 saturated heterocycles. The first-order valence-electron chi connectivity index (χ1n) is 5.24. The Morgan fingerprint density at radius 3 is 3.00 bits per heavy atom. The summed E-state index contributed by atoms with van der Waals surface area (Å²) in [5.41, 5.74) is 0.893. The Morgan fingerprint density at radius 2 is 2.18 bits per heavy atom. The van der Waals surface area contributed by atoms with Crippen LogP contribution < -0.4 is 5.32 Å². The van der Waals surface area contributed by atoms with Gasteiger partial charge in [0.1, 0.15) is 17.3 Å². The van der Waals surface area contributed by atoms with Crippen LogP contribution in [-0.2, 0) is 0 Å². The average Bonchev–Trinajstić information content (AvgIpc) is 2.71. The first kappa shape index (κ1) is 9.77. The van der Waals surface area contributed by atoms with Crippen LogP contribution in [0.3, 0.4) is 0 Å². The number of nitrogens with one attached hydrogen (secondary N) is 1. The summed E-state index contributed by atoms with van der Waals surface area (Å²) in [5, 5.41) is 3.12. The molecule has 0 spiro atoms. The van der Waals surface area contributed by atoms with E-state index in [2.05, 4.69) is 26.5 Å². The molecule has 17 heavy (non-hydrogen) atoms. The SMILES string of the molecule is Cc1n[c]cc(Nc2cn3ccccc3n2)n1. The van der Waals surface area contributed by atoms with E-state index in [1.807, 2.05) is 41.9 Å². The minimum absolute atomic E-state index is 0.679. The van der Waals surface area contributed by atoms with Gasteiger partial charge in [-0.2, -0.15) is 0 Å². The van der Waals surface area contributed by atoms with Gasteiger partial charge in [-0.25, -0.2) is 15.0 Å². The molecule has 5 heteroatoms. The highest BCUT2D eigenvalue weighted by atomic mass is 15.1. The van der Waals surface area contributed by atoms with E-state index in [1.54, 1.807) is 6.07 Å². The maximum absolute atomic E-state index is 4.42. The molecular formula is C12H10N5. The van der Waals surface area contributed by atoms with Gasteiger partial charge < -0.3 is 9.72 Å². The fourth-order valence-corrected chi connectivity index (χ4v) is 1.61. The summed E-state index contributed by atoms with van der Waals surface area (Å²) in [7, 11) is 0. The van der Waals surface area contributed by atoms with Crippen molar-refractivity contribution in [2.24, 2.45) is 0 Å². The molecule has 3 aromatic heterocycles. The van der Waals surface area contributed by atoms with E-state index in [1.165, 1.54) is 0 Å². The van der Waals surface area contributed by atoms with Crippen molar-refractivity contribution in [3.05, 3.63) is 48.7 Å². The molecule has 0 bridgehead atoms. The number of pyridine rings is 1. The Bertz CT molecular complexity index is 626. The lowest BCUT2D eigenvalue weighted by Crippen LogP contribution is -1.96. The average molecular weight is 224 g/mol. The first-order valence-corrected chi connectivity index (χ1v) is 5.24. The number of hydrogen-bond acceptors (Lipinski definition) is 4. The minimum Gasteiger partial charge on any atom is -0.324 e. The van der Waals surface area contributed by atoms with Crippen molar-refractivity contribution < 1.29 is 0 Å². The van der Waals surface area contributed by atoms with Crippen molar-refractivity contribution in [2.45, 2.75) is 6.92 Å². The van der Waals surface area contributed by atoms with Crippen LogP contribution in [0.5, 0.6) is 0 Å². The number of rotatable bonds is 2. The number of aryl methyl sites for hydroxylation is 1. The monoisotopic (exact) mass is 224 g/mol. The van der Waals surface area contributed by atoms with Gasteiger partial charge in [0.2, 0.25) is 0 Å². The number of nitrogens with zero attached hydrogens (tertiary/aromatic N) is 4. The van der Waals surface area contributed by atoms with E-state index in [4.69, 9.17) is 0 Å². The van der Waals surface area contributed by atoms with Gasteiger partial charge >= 0.3 is 0 Å². The van der Waals surface area contributed by atoms with E-state index >= 15 is 0 Å². The molecular weight excluding hydrogens is 214 g/mol. The zero-order valence-electron chi connectivity index (χ0n) is 9.25. The minimum atomic E-state index is 0.679. The third-order valence-electron chi connectivity index (χ3n) is 2.33. The van der Waals surface area contributed by atoms with Crippen LogP contribution in [0.4, 0.5) is 11.6 Å². The van der Waals surface area contributed by atoms with Crippen LogP contribution in [0.1, 0.15) is 5.82 Å². The molecule has 0 aromatic carbocycles. The molecule has 0 atom stereocenters. The van der Waals surface area contributed by atoms with Crippen molar-refractivity contribution in [1.82, 2.24) is 19.4 Å². The Hall–Kier alpha value is -2.43. The van der Waals surface area contributed by atoms with Gasteiger partial charge in [-0.15, -0.1) is 0 Å². The van der Waals surface area contributed by atoms with E-state index in [0.29, 0.717) is 11.6 Å². The normalized spacial score (nSPS) is 10.6. The molecule has 0 aliphatic carbocycles. The highest BCUT2D eigenvalue weighted by Crippen LogP contribution is 2.13. The van der Waals surface area contributed by atoms with Gasteiger partial charge in [0.25, 0.3) is 0 Å². The molecule has 83 valence electrons. The molecule has 0 saturated carbocycles. The molecule has 0 aliphatic rings. The molecule has 3 heterocycles. The highest BCUT2D eigenvalue weighted by molar-refractivity contribution is 5.55. The number of hydrogen-bond donors (Lipinski definition) is 1. The zero-order valence-corrected chi connectivity index (χ0v) is 9.25. The van der Waals surface area contributed by atoms with E-state index in [0.717, 1.165) is 11.5 Å². The lowest BCUT2D eigenvalue weighted by Gasteiger charge is -2.00. The zero-order chi connectivity index (χ0) is 11.7. The summed E-state index contributed by atoms with van der Waals surface area (Å²) >= 11 is 0. The van der Waals surface area contributed by atoms with Crippen molar-refractivity contribution in [2.75, 3.05) is 5.32 Å². The molecule has 1 radical (unpaired) electrons. The third kappa shape index (κ3) is 1.94. The standard InChI is InChI=1S/C12H10N5/c1-9-13-6-5-10(14-9)15-11-8-17-7-3-2-4-12(17)16-11/h2-5,7-8H,1H3,(H,13,14,15). The Labute approximate surface area is 98.2 Å². The van der Waals surface area contributed by atoms with Crippen LogP contribution >= 0.6 is 0 Å². The quantitative estimate of drug-likeness (QED) is 0.723. The van der Waals surface area contributed by atoms with E-state index in [-0.39, 0.29) is 0 Å². The van der Waals surface area contributed by atoms with Crippen molar-refractivity contribution in [3.8, 4) is 0 Å². The van der Waals surface area contributed by atoms with Gasteiger partial charge in [-0.3, -0.25) is 0 Å². The molecule has 0 amide bonds. The fourth-order valence-electron chi connectivity index (χ4n) is 1.61. The third-order valence-corrected chi connectivity index (χ3v) is 2.33. The second-order valence-corrected chi connectivity index (χ2v) is 3.65. The number of fused-ring (bicyclic) bond motifs is 1. The molecule has 3 rings (SSSR count). The predicted molar refractivity (Wildman–Crippen MR) is 64.1 cm³/mol. The number of anilines is 2. The second-order valence-electron chi connectivity index (χ2n) is 3.65. The summed E-state index contributed by atoms with van der Waals surface area (Å²) in [5.74, 6) is 2.13. The van der Waals surface area contributed by atoms with Crippen molar-refractivity contribution >= 4 is 17.3 Å².